The minimum absolute atomic E-state index is 0.232. The average molecular weight is 233 g/mol. The van der Waals surface area contributed by atoms with Crippen molar-refractivity contribution >= 4 is 5.69 Å². The maximum absolute atomic E-state index is 11.9. The molecule has 6 heteroatoms. The number of nitrogens with one attached hydrogen (secondary N) is 1. The predicted molar refractivity (Wildman–Crippen MR) is 65.2 cm³/mol. The van der Waals surface area contributed by atoms with Crippen LogP contribution < -0.4 is 11.3 Å². The van der Waals surface area contributed by atoms with E-state index in [0.29, 0.717) is 18.1 Å². The van der Waals surface area contributed by atoms with Crippen molar-refractivity contribution in [2.45, 2.75) is 27.2 Å². The molecule has 2 aromatic rings. The zero-order valence-electron chi connectivity index (χ0n) is 10.1. The Hall–Kier alpha value is -2.11. The second-order valence-corrected chi connectivity index (χ2v) is 3.95. The summed E-state index contributed by atoms with van der Waals surface area (Å²) in [5.41, 5.74) is 7.97. The fraction of sp³-hybridized carbons (Fsp3) is 0.364. The molecule has 6 nitrogen and oxygen atoms in total. The first-order chi connectivity index (χ1) is 8.02. The molecule has 3 N–H and O–H groups in total. The molecule has 0 aliphatic heterocycles. The van der Waals surface area contributed by atoms with Gasteiger partial charge in [-0.2, -0.15) is 4.68 Å². The Morgan fingerprint density at radius 2 is 1.94 bits per heavy atom. The highest BCUT2D eigenvalue weighted by Gasteiger charge is 2.13. The Morgan fingerprint density at radius 1 is 1.35 bits per heavy atom. The topological polar surface area (TPSA) is 89.6 Å². The van der Waals surface area contributed by atoms with Gasteiger partial charge in [-0.25, -0.2) is 9.97 Å². The molecule has 0 atom stereocenters. The number of hydrogen-bond donors (Lipinski definition) is 2. The molecule has 2 aromatic heterocycles. The van der Waals surface area contributed by atoms with E-state index < -0.39 is 0 Å². The van der Waals surface area contributed by atoms with Gasteiger partial charge in [0.25, 0.3) is 11.5 Å². The third-order valence-electron chi connectivity index (χ3n) is 2.53. The highest BCUT2D eigenvalue weighted by atomic mass is 16.1. The lowest BCUT2D eigenvalue weighted by molar-refractivity contribution is 0.755. The Morgan fingerprint density at radius 3 is 2.41 bits per heavy atom. The molecule has 0 aromatic carbocycles. The second-order valence-electron chi connectivity index (χ2n) is 3.95. The van der Waals surface area contributed by atoms with Crippen molar-refractivity contribution in [2.75, 3.05) is 5.73 Å². The molecule has 2 rings (SSSR count). The molecule has 0 saturated heterocycles. The molecule has 0 bridgehead atoms. The van der Waals surface area contributed by atoms with Crippen molar-refractivity contribution in [3.05, 3.63) is 33.5 Å². The zero-order chi connectivity index (χ0) is 12.6. The maximum atomic E-state index is 11.9. The normalized spacial score (nSPS) is 10.8. The van der Waals surface area contributed by atoms with Crippen LogP contribution in [0.5, 0.6) is 0 Å². The van der Waals surface area contributed by atoms with Crippen LogP contribution in [0.25, 0.3) is 5.95 Å². The van der Waals surface area contributed by atoms with Gasteiger partial charge in [0, 0.05) is 11.4 Å². The maximum Gasteiger partial charge on any atom is 0.297 e. The van der Waals surface area contributed by atoms with Gasteiger partial charge in [-0.15, -0.1) is 0 Å². The summed E-state index contributed by atoms with van der Waals surface area (Å²) in [6.07, 6.45) is 0.666. The Labute approximate surface area is 98.5 Å². The minimum atomic E-state index is -0.299. The van der Waals surface area contributed by atoms with Gasteiger partial charge < -0.3 is 5.73 Å². The van der Waals surface area contributed by atoms with E-state index >= 15 is 0 Å². The van der Waals surface area contributed by atoms with E-state index in [-0.39, 0.29) is 11.2 Å². The molecule has 0 amide bonds. The highest BCUT2D eigenvalue weighted by molar-refractivity contribution is 5.42. The standard InChI is InChI=1S/C11H15N5O/c1-4-8-9(12)10(17)16(15-8)11-13-6(2)5-7(3)14-11/h5,15H,4,12H2,1-3H3. The first-order valence-electron chi connectivity index (χ1n) is 5.45. The Balaban J connectivity index is 2.64. The van der Waals surface area contributed by atoms with E-state index in [0.717, 1.165) is 11.4 Å². The molecule has 0 spiro atoms. The van der Waals surface area contributed by atoms with E-state index in [4.69, 9.17) is 5.73 Å². The quantitative estimate of drug-likeness (QED) is 0.799. The van der Waals surface area contributed by atoms with E-state index in [1.165, 1.54) is 4.68 Å². The van der Waals surface area contributed by atoms with Gasteiger partial charge in [-0.3, -0.25) is 9.89 Å². The van der Waals surface area contributed by atoms with Crippen LogP contribution >= 0.6 is 0 Å². The summed E-state index contributed by atoms with van der Waals surface area (Å²) in [6, 6.07) is 1.85. The van der Waals surface area contributed by atoms with Crippen LogP contribution in [0.1, 0.15) is 24.0 Å². The van der Waals surface area contributed by atoms with Crippen molar-refractivity contribution in [2.24, 2.45) is 0 Å². The fourth-order valence-electron chi connectivity index (χ4n) is 1.71. The lowest BCUT2D eigenvalue weighted by Crippen LogP contribution is -2.19. The van der Waals surface area contributed by atoms with Gasteiger partial charge >= 0.3 is 0 Å². The highest BCUT2D eigenvalue weighted by Crippen LogP contribution is 2.07. The molecule has 17 heavy (non-hydrogen) atoms. The largest absolute Gasteiger partial charge is 0.393 e. The SMILES string of the molecule is CCc1[nH]n(-c2nc(C)cc(C)n2)c(=O)c1N. The molecule has 2 heterocycles. The number of nitrogen functional groups attached to an aromatic ring is 1. The summed E-state index contributed by atoms with van der Waals surface area (Å²) in [7, 11) is 0. The van der Waals surface area contributed by atoms with Crippen LogP contribution in [0, 0.1) is 13.8 Å². The number of nitrogens with two attached hydrogens (primary N) is 1. The van der Waals surface area contributed by atoms with Crippen LogP contribution in [-0.2, 0) is 6.42 Å². The van der Waals surface area contributed by atoms with Gasteiger partial charge in [0.15, 0.2) is 0 Å². The van der Waals surface area contributed by atoms with Gasteiger partial charge in [-0.1, -0.05) is 6.92 Å². The Bertz CT molecular complexity index is 591. The molecule has 0 radical (unpaired) electrons. The zero-order valence-corrected chi connectivity index (χ0v) is 10.1. The van der Waals surface area contributed by atoms with E-state index in [2.05, 4.69) is 15.1 Å². The summed E-state index contributed by atoms with van der Waals surface area (Å²) in [5.74, 6) is 0.332. The average Bonchev–Trinajstić information content (AvgIpc) is 2.54. The van der Waals surface area contributed by atoms with Crippen LogP contribution in [0.15, 0.2) is 10.9 Å². The van der Waals surface area contributed by atoms with E-state index in [9.17, 15) is 4.79 Å². The molecule has 0 aliphatic carbocycles. The Kier molecular flexibility index (Phi) is 2.71. The molecular formula is C11H15N5O. The molecular weight excluding hydrogens is 218 g/mol. The van der Waals surface area contributed by atoms with Crippen LogP contribution in [0.4, 0.5) is 5.69 Å². The van der Waals surface area contributed by atoms with Crippen LogP contribution in [0.3, 0.4) is 0 Å². The monoisotopic (exact) mass is 233 g/mol. The number of hydrogen-bond acceptors (Lipinski definition) is 4. The molecule has 0 unspecified atom stereocenters. The fourth-order valence-corrected chi connectivity index (χ4v) is 1.71. The van der Waals surface area contributed by atoms with Crippen molar-refractivity contribution in [3.8, 4) is 5.95 Å². The summed E-state index contributed by atoms with van der Waals surface area (Å²) >= 11 is 0. The molecule has 90 valence electrons. The number of anilines is 1. The first kappa shape index (κ1) is 11.4. The van der Waals surface area contributed by atoms with Gasteiger partial charge in [0.1, 0.15) is 5.69 Å². The van der Waals surface area contributed by atoms with Crippen LogP contribution in [0.2, 0.25) is 0 Å². The first-order valence-corrected chi connectivity index (χ1v) is 5.45. The number of aromatic amines is 1. The number of H-pyrrole nitrogens is 1. The van der Waals surface area contributed by atoms with Crippen molar-refractivity contribution in [1.82, 2.24) is 19.7 Å². The number of aromatic nitrogens is 4. The molecule has 0 saturated carbocycles. The summed E-state index contributed by atoms with van der Waals surface area (Å²) in [4.78, 5) is 20.3. The van der Waals surface area contributed by atoms with Gasteiger partial charge in [0.2, 0.25) is 0 Å². The van der Waals surface area contributed by atoms with Crippen molar-refractivity contribution < 1.29 is 0 Å². The van der Waals surface area contributed by atoms with Gasteiger partial charge in [0.05, 0.1) is 5.69 Å². The van der Waals surface area contributed by atoms with E-state index in [1.54, 1.807) is 0 Å². The second kappa shape index (κ2) is 4.04. The third kappa shape index (κ3) is 1.93. The number of aryl methyl sites for hydroxylation is 3. The number of rotatable bonds is 2. The van der Waals surface area contributed by atoms with Gasteiger partial charge in [-0.05, 0) is 26.3 Å². The predicted octanol–water partition coefficient (Wildman–Crippen LogP) is 0.717. The summed E-state index contributed by atoms with van der Waals surface area (Å²) < 4.78 is 1.29. The lowest BCUT2D eigenvalue weighted by atomic mass is 10.3. The third-order valence-corrected chi connectivity index (χ3v) is 2.53. The summed E-state index contributed by atoms with van der Waals surface area (Å²) in [6.45, 7) is 5.64. The van der Waals surface area contributed by atoms with E-state index in [1.807, 2.05) is 26.8 Å². The summed E-state index contributed by atoms with van der Waals surface area (Å²) in [5, 5.41) is 2.92. The minimum Gasteiger partial charge on any atom is -0.393 e. The smallest absolute Gasteiger partial charge is 0.297 e. The lowest BCUT2D eigenvalue weighted by Gasteiger charge is -2.02. The van der Waals surface area contributed by atoms with Crippen molar-refractivity contribution in [1.29, 1.82) is 0 Å². The van der Waals surface area contributed by atoms with Crippen LogP contribution in [-0.4, -0.2) is 19.7 Å². The van der Waals surface area contributed by atoms with Crippen molar-refractivity contribution in [3.63, 3.8) is 0 Å². The molecule has 0 aliphatic rings. The number of nitrogens with zero attached hydrogens (tertiary/aromatic N) is 3. The molecule has 0 fully saturated rings.